The molecule has 0 radical (unpaired) electrons. The molecule has 2 heterocycles. The van der Waals surface area contributed by atoms with Crippen molar-refractivity contribution in [1.82, 2.24) is 14.5 Å². The van der Waals surface area contributed by atoms with Crippen molar-refractivity contribution >= 4 is 5.78 Å². The molecule has 0 bridgehead atoms. The highest BCUT2D eigenvalue weighted by Crippen LogP contribution is 2.39. The van der Waals surface area contributed by atoms with Gasteiger partial charge >= 0.3 is 0 Å². The van der Waals surface area contributed by atoms with Crippen LogP contribution in [-0.2, 0) is 0 Å². The van der Waals surface area contributed by atoms with E-state index in [4.69, 9.17) is 0 Å². The maximum absolute atomic E-state index is 13.7. The van der Waals surface area contributed by atoms with Crippen LogP contribution >= 0.6 is 0 Å². The third-order valence-corrected chi connectivity index (χ3v) is 3.07. The van der Waals surface area contributed by atoms with Gasteiger partial charge in [-0.3, -0.25) is 4.79 Å². The first kappa shape index (κ1) is 11.1. The first-order valence-electron chi connectivity index (χ1n) is 5.86. The number of hydrogen-bond donors (Lipinski definition) is 0. The smallest absolute Gasteiger partial charge is 0.178 e. The maximum atomic E-state index is 13.7. The summed E-state index contributed by atoms with van der Waals surface area (Å²) in [4.78, 5) is 19.3. The fourth-order valence-electron chi connectivity index (χ4n) is 1.88. The predicted octanol–water partition coefficient (Wildman–Crippen LogP) is 2.49. The summed E-state index contributed by atoms with van der Waals surface area (Å²) in [5.41, 5.74) is 1.55. The Balaban J connectivity index is 2.03. The zero-order valence-corrected chi connectivity index (χ0v) is 9.93. The molecule has 92 valence electrons. The summed E-state index contributed by atoms with van der Waals surface area (Å²) in [5.74, 6) is -0.123. The molecular weight excluding hydrogens is 233 g/mol. The number of carbonyl (C=O) groups excluding carboxylic acids is 1. The molecule has 4 nitrogen and oxygen atoms in total. The third kappa shape index (κ3) is 1.92. The molecule has 0 atom stereocenters. The lowest BCUT2D eigenvalue weighted by atomic mass is 10.2. The van der Waals surface area contributed by atoms with E-state index in [1.807, 2.05) is 6.20 Å². The SMILES string of the molecule is CC(=O)c1cc(-n2cnc(C3CC3)c2)c(F)cn1. The van der Waals surface area contributed by atoms with E-state index in [-0.39, 0.29) is 11.5 Å². The number of hydrogen-bond acceptors (Lipinski definition) is 3. The number of imidazole rings is 1. The highest BCUT2D eigenvalue weighted by Gasteiger charge is 2.26. The molecule has 0 saturated heterocycles. The lowest BCUT2D eigenvalue weighted by Crippen LogP contribution is -2.02. The van der Waals surface area contributed by atoms with E-state index in [1.54, 1.807) is 10.9 Å². The molecule has 2 aromatic heterocycles. The van der Waals surface area contributed by atoms with E-state index >= 15 is 0 Å². The lowest BCUT2D eigenvalue weighted by molar-refractivity contribution is 0.101. The maximum Gasteiger partial charge on any atom is 0.178 e. The molecule has 0 aliphatic heterocycles. The highest BCUT2D eigenvalue weighted by molar-refractivity contribution is 5.92. The first-order chi connectivity index (χ1) is 8.65. The summed E-state index contributed by atoms with van der Waals surface area (Å²) in [7, 11) is 0. The third-order valence-electron chi connectivity index (χ3n) is 3.07. The van der Waals surface area contributed by atoms with Crippen LogP contribution in [0.15, 0.2) is 24.8 Å². The largest absolute Gasteiger partial charge is 0.303 e. The number of Topliss-reactive ketones (excluding diaryl/α,β-unsaturated/α-hetero) is 1. The number of halogens is 1. The Morgan fingerprint density at radius 3 is 2.89 bits per heavy atom. The summed E-state index contributed by atoms with van der Waals surface area (Å²) >= 11 is 0. The Labute approximate surface area is 103 Å². The lowest BCUT2D eigenvalue weighted by Gasteiger charge is -2.04. The van der Waals surface area contributed by atoms with E-state index in [2.05, 4.69) is 9.97 Å². The topological polar surface area (TPSA) is 47.8 Å². The standard InChI is InChI=1S/C13H12FN3O/c1-8(18)11-4-13(10(14)5-15-11)17-6-12(16-7-17)9-2-3-9/h4-7,9H,2-3H2,1H3. The summed E-state index contributed by atoms with van der Waals surface area (Å²) in [6.45, 7) is 1.41. The van der Waals surface area contributed by atoms with Crippen LogP contribution < -0.4 is 0 Å². The Kier molecular flexibility index (Phi) is 2.47. The van der Waals surface area contributed by atoms with Gasteiger partial charge in [0.05, 0.1) is 23.9 Å². The van der Waals surface area contributed by atoms with Gasteiger partial charge in [-0.05, 0) is 18.9 Å². The van der Waals surface area contributed by atoms with Gasteiger partial charge in [0.15, 0.2) is 11.6 Å². The van der Waals surface area contributed by atoms with Crippen LogP contribution in [0.4, 0.5) is 4.39 Å². The summed E-state index contributed by atoms with van der Waals surface area (Å²) < 4.78 is 15.3. The average Bonchev–Trinajstić information content (AvgIpc) is 3.08. The van der Waals surface area contributed by atoms with Gasteiger partial charge < -0.3 is 4.57 Å². The van der Waals surface area contributed by atoms with Crippen LogP contribution in [0.25, 0.3) is 5.69 Å². The fraction of sp³-hybridized carbons (Fsp3) is 0.308. The van der Waals surface area contributed by atoms with Crippen molar-refractivity contribution in [3.63, 3.8) is 0 Å². The van der Waals surface area contributed by atoms with Crippen molar-refractivity contribution in [3.05, 3.63) is 42.0 Å². The molecule has 0 amide bonds. The van der Waals surface area contributed by atoms with Crippen molar-refractivity contribution in [3.8, 4) is 5.69 Å². The quantitative estimate of drug-likeness (QED) is 0.780. The van der Waals surface area contributed by atoms with Gasteiger partial charge in [-0.1, -0.05) is 0 Å². The minimum Gasteiger partial charge on any atom is -0.303 e. The highest BCUT2D eigenvalue weighted by atomic mass is 19.1. The minimum absolute atomic E-state index is 0.182. The molecule has 0 spiro atoms. The van der Waals surface area contributed by atoms with Gasteiger partial charge in [0.25, 0.3) is 0 Å². The molecule has 0 unspecified atom stereocenters. The van der Waals surface area contributed by atoms with E-state index < -0.39 is 5.82 Å². The first-order valence-corrected chi connectivity index (χ1v) is 5.86. The number of nitrogens with zero attached hydrogens (tertiary/aromatic N) is 3. The molecule has 3 rings (SSSR count). The van der Waals surface area contributed by atoms with Crippen LogP contribution in [-0.4, -0.2) is 20.3 Å². The molecule has 0 N–H and O–H groups in total. The van der Waals surface area contributed by atoms with Crippen LogP contribution in [0.5, 0.6) is 0 Å². The van der Waals surface area contributed by atoms with Crippen molar-refractivity contribution in [2.45, 2.75) is 25.7 Å². The zero-order chi connectivity index (χ0) is 12.7. The number of aromatic nitrogens is 3. The average molecular weight is 245 g/mol. The van der Waals surface area contributed by atoms with Gasteiger partial charge in [0.1, 0.15) is 5.69 Å². The molecule has 1 aliphatic carbocycles. The number of carbonyl (C=O) groups is 1. The van der Waals surface area contributed by atoms with Crippen molar-refractivity contribution in [2.75, 3.05) is 0 Å². The molecule has 5 heteroatoms. The van der Waals surface area contributed by atoms with E-state index in [1.165, 1.54) is 13.0 Å². The Hall–Kier alpha value is -2.04. The fourth-order valence-corrected chi connectivity index (χ4v) is 1.88. The molecule has 1 saturated carbocycles. The van der Waals surface area contributed by atoms with Gasteiger partial charge in [-0.2, -0.15) is 0 Å². The number of pyridine rings is 1. The van der Waals surface area contributed by atoms with Crippen molar-refractivity contribution in [2.24, 2.45) is 0 Å². The number of rotatable bonds is 3. The molecule has 1 aliphatic rings. The molecular formula is C13H12FN3O. The molecule has 2 aromatic rings. The molecule has 1 fully saturated rings. The minimum atomic E-state index is -0.459. The number of ketones is 1. The summed E-state index contributed by atoms with van der Waals surface area (Å²) in [6.07, 6.45) is 6.77. The summed E-state index contributed by atoms with van der Waals surface area (Å²) in [5, 5.41) is 0. The van der Waals surface area contributed by atoms with Crippen molar-refractivity contribution in [1.29, 1.82) is 0 Å². The zero-order valence-electron chi connectivity index (χ0n) is 9.93. The van der Waals surface area contributed by atoms with Gasteiger partial charge in [-0.15, -0.1) is 0 Å². The second-order valence-electron chi connectivity index (χ2n) is 4.56. The Morgan fingerprint density at radius 1 is 1.44 bits per heavy atom. The Bertz CT molecular complexity index is 616. The van der Waals surface area contributed by atoms with Crippen LogP contribution in [0.1, 0.15) is 41.9 Å². The van der Waals surface area contributed by atoms with Gasteiger partial charge in [0.2, 0.25) is 0 Å². The van der Waals surface area contributed by atoms with Crippen molar-refractivity contribution < 1.29 is 9.18 Å². The van der Waals surface area contributed by atoms with Crippen LogP contribution in [0.3, 0.4) is 0 Å². The van der Waals surface area contributed by atoms with Gasteiger partial charge in [0, 0.05) is 19.0 Å². The van der Waals surface area contributed by atoms with Gasteiger partial charge in [-0.25, -0.2) is 14.4 Å². The normalized spacial score (nSPS) is 14.8. The molecule has 0 aromatic carbocycles. The Morgan fingerprint density at radius 2 is 2.22 bits per heavy atom. The van der Waals surface area contributed by atoms with E-state index in [0.29, 0.717) is 11.6 Å². The van der Waals surface area contributed by atoms with Crippen LogP contribution in [0.2, 0.25) is 0 Å². The predicted molar refractivity (Wildman–Crippen MR) is 63.3 cm³/mol. The van der Waals surface area contributed by atoms with Crippen LogP contribution in [0, 0.1) is 5.82 Å². The summed E-state index contributed by atoms with van der Waals surface area (Å²) in [6, 6.07) is 1.45. The second-order valence-corrected chi connectivity index (χ2v) is 4.56. The second kappa shape index (κ2) is 4.01. The van der Waals surface area contributed by atoms with E-state index in [0.717, 1.165) is 24.7 Å². The monoisotopic (exact) mass is 245 g/mol. The van der Waals surface area contributed by atoms with E-state index in [9.17, 15) is 9.18 Å². The molecule has 18 heavy (non-hydrogen) atoms.